The van der Waals surface area contributed by atoms with Gasteiger partial charge in [0.1, 0.15) is 5.82 Å². The normalized spacial score (nSPS) is 10.5. The van der Waals surface area contributed by atoms with Crippen LogP contribution in [0.2, 0.25) is 0 Å². The van der Waals surface area contributed by atoms with Crippen LogP contribution in [0.25, 0.3) is 0 Å². The van der Waals surface area contributed by atoms with Gasteiger partial charge in [0.2, 0.25) is 11.9 Å². The van der Waals surface area contributed by atoms with Gasteiger partial charge in [-0.2, -0.15) is 15.0 Å². The van der Waals surface area contributed by atoms with Crippen LogP contribution < -0.4 is 16.8 Å². The molecular formula is C9H18N6. The average molecular weight is 210 g/mol. The van der Waals surface area contributed by atoms with Crippen molar-refractivity contribution in [3.63, 3.8) is 0 Å². The molecule has 15 heavy (non-hydrogen) atoms. The molecule has 1 rings (SSSR count). The van der Waals surface area contributed by atoms with E-state index in [-0.39, 0.29) is 11.9 Å². The van der Waals surface area contributed by atoms with Gasteiger partial charge >= 0.3 is 0 Å². The second-order valence-corrected chi connectivity index (χ2v) is 3.32. The maximum atomic E-state index is 5.45. The predicted octanol–water partition coefficient (Wildman–Crippen LogP) is -0.0318. The lowest BCUT2D eigenvalue weighted by Gasteiger charge is -2.03. The van der Waals surface area contributed by atoms with E-state index in [0.717, 1.165) is 19.5 Å². The molecule has 5 N–H and O–H groups in total. The fourth-order valence-corrected chi connectivity index (χ4v) is 1.20. The van der Waals surface area contributed by atoms with Crippen LogP contribution in [-0.2, 0) is 6.42 Å². The summed E-state index contributed by atoms with van der Waals surface area (Å²) in [5.74, 6) is 1.01. The molecule has 0 atom stereocenters. The molecule has 0 radical (unpaired) electrons. The number of aromatic nitrogens is 3. The largest absolute Gasteiger partial charge is 0.368 e. The van der Waals surface area contributed by atoms with Crippen molar-refractivity contribution in [1.29, 1.82) is 0 Å². The summed E-state index contributed by atoms with van der Waals surface area (Å²) in [5, 5.41) is 3.29. The van der Waals surface area contributed by atoms with E-state index >= 15 is 0 Å². The number of unbranched alkanes of at least 4 members (excludes halogenated alkanes) is 1. The van der Waals surface area contributed by atoms with E-state index in [2.05, 4.69) is 27.2 Å². The summed E-state index contributed by atoms with van der Waals surface area (Å²) in [5.41, 5.74) is 10.9. The Hall–Kier alpha value is -1.43. The van der Waals surface area contributed by atoms with E-state index < -0.39 is 0 Å². The molecular weight excluding hydrogens is 192 g/mol. The lowest BCUT2D eigenvalue weighted by Crippen LogP contribution is -2.20. The van der Waals surface area contributed by atoms with Crippen molar-refractivity contribution >= 4 is 11.9 Å². The molecule has 1 aromatic rings. The van der Waals surface area contributed by atoms with Crippen LogP contribution in [0, 0.1) is 0 Å². The first kappa shape index (κ1) is 11.6. The number of anilines is 2. The second-order valence-electron chi connectivity index (χ2n) is 3.32. The average Bonchev–Trinajstić information content (AvgIpc) is 2.16. The van der Waals surface area contributed by atoms with E-state index in [1.807, 2.05) is 0 Å². The maximum Gasteiger partial charge on any atom is 0.225 e. The zero-order chi connectivity index (χ0) is 11.1. The van der Waals surface area contributed by atoms with Crippen molar-refractivity contribution in [2.24, 2.45) is 0 Å². The van der Waals surface area contributed by atoms with Gasteiger partial charge < -0.3 is 16.8 Å². The van der Waals surface area contributed by atoms with Crippen molar-refractivity contribution in [2.75, 3.05) is 24.6 Å². The Morgan fingerprint density at radius 3 is 2.33 bits per heavy atom. The quantitative estimate of drug-likeness (QED) is 0.570. The molecule has 0 saturated carbocycles. The Labute approximate surface area is 89.5 Å². The monoisotopic (exact) mass is 210 g/mol. The molecule has 0 unspecified atom stereocenters. The van der Waals surface area contributed by atoms with Crippen LogP contribution in [-0.4, -0.2) is 28.0 Å². The first-order valence-corrected chi connectivity index (χ1v) is 5.19. The first-order chi connectivity index (χ1) is 7.22. The minimum absolute atomic E-state index is 0.186. The zero-order valence-corrected chi connectivity index (χ0v) is 9.03. The van der Waals surface area contributed by atoms with E-state index in [1.54, 1.807) is 0 Å². The number of rotatable bonds is 6. The van der Waals surface area contributed by atoms with Gasteiger partial charge in [-0.1, -0.05) is 13.3 Å². The molecule has 6 nitrogen and oxygen atoms in total. The van der Waals surface area contributed by atoms with Gasteiger partial charge in [0, 0.05) is 13.0 Å². The van der Waals surface area contributed by atoms with E-state index in [4.69, 9.17) is 11.5 Å². The molecule has 0 bridgehead atoms. The van der Waals surface area contributed by atoms with Crippen molar-refractivity contribution < 1.29 is 0 Å². The standard InChI is InChI=1S/C9H18N6/c1-2-3-5-12-6-4-7-13-8(10)15-9(11)14-7/h12H,2-6H2,1H3,(H4,10,11,13,14,15). The van der Waals surface area contributed by atoms with Gasteiger partial charge in [-0.25, -0.2) is 0 Å². The van der Waals surface area contributed by atoms with E-state index in [9.17, 15) is 0 Å². The van der Waals surface area contributed by atoms with Crippen LogP contribution in [0.3, 0.4) is 0 Å². The number of nitrogens with one attached hydrogen (secondary N) is 1. The molecule has 0 aliphatic rings. The van der Waals surface area contributed by atoms with Gasteiger partial charge in [-0.15, -0.1) is 0 Å². The topological polar surface area (TPSA) is 103 Å². The van der Waals surface area contributed by atoms with Gasteiger partial charge in [0.05, 0.1) is 0 Å². The Morgan fingerprint density at radius 2 is 1.73 bits per heavy atom. The minimum atomic E-state index is 0.186. The van der Waals surface area contributed by atoms with Crippen molar-refractivity contribution in [2.45, 2.75) is 26.2 Å². The third-order valence-electron chi connectivity index (χ3n) is 1.95. The second kappa shape index (κ2) is 6.13. The van der Waals surface area contributed by atoms with E-state index in [1.165, 1.54) is 12.8 Å². The smallest absolute Gasteiger partial charge is 0.225 e. The third kappa shape index (κ3) is 4.55. The molecule has 0 fully saturated rings. The van der Waals surface area contributed by atoms with Crippen LogP contribution >= 0.6 is 0 Å². The molecule has 0 spiro atoms. The summed E-state index contributed by atoms with van der Waals surface area (Å²) in [7, 11) is 0. The van der Waals surface area contributed by atoms with Crippen molar-refractivity contribution in [3.8, 4) is 0 Å². The summed E-state index contributed by atoms with van der Waals surface area (Å²) in [4.78, 5) is 11.7. The zero-order valence-electron chi connectivity index (χ0n) is 9.03. The molecule has 0 aromatic carbocycles. The predicted molar refractivity (Wildman–Crippen MR) is 60.1 cm³/mol. The molecule has 84 valence electrons. The lowest BCUT2D eigenvalue weighted by atomic mass is 10.3. The van der Waals surface area contributed by atoms with Gasteiger partial charge in [0.25, 0.3) is 0 Å². The molecule has 1 aromatic heterocycles. The van der Waals surface area contributed by atoms with Crippen LogP contribution in [0.15, 0.2) is 0 Å². The van der Waals surface area contributed by atoms with Gasteiger partial charge in [0.15, 0.2) is 0 Å². The minimum Gasteiger partial charge on any atom is -0.368 e. The number of hydrogen-bond acceptors (Lipinski definition) is 6. The first-order valence-electron chi connectivity index (χ1n) is 5.19. The van der Waals surface area contributed by atoms with Crippen LogP contribution in [0.1, 0.15) is 25.6 Å². The summed E-state index contributed by atoms with van der Waals surface area (Å²) < 4.78 is 0. The highest BCUT2D eigenvalue weighted by Crippen LogP contribution is 1.98. The SMILES string of the molecule is CCCCNCCc1nc(N)nc(N)n1. The highest BCUT2D eigenvalue weighted by Gasteiger charge is 2.00. The fraction of sp³-hybridized carbons (Fsp3) is 0.667. The highest BCUT2D eigenvalue weighted by molar-refractivity contribution is 5.25. The van der Waals surface area contributed by atoms with Crippen LogP contribution in [0.5, 0.6) is 0 Å². The summed E-state index contributed by atoms with van der Waals surface area (Å²) >= 11 is 0. The van der Waals surface area contributed by atoms with Crippen molar-refractivity contribution in [1.82, 2.24) is 20.3 Å². The summed E-state index contributed by atoms with van der Waals surface area (Å²) in [6.45, 7) is 4.02. The Morgan fingerprint density at radius 1 is 1.07 bits per heavy atom. The molecule has 1 heterocycles. The maximum absolute atomic E-state index is 5.45. The van der Waals surface area contributed by atoms with Gasteiger partial charge in [-0.05, 0) is 13.0 Å². The fourth-order valence-electron chi connectivity index (χ4n) is 1.20. The van der Waals surface area contributed by atoms with Crippen molar-refractivity contribution in [3.05, 3.63) is 5.82 Å². The molecule has 0 saturated heterocycles. The molecule has 6 heteroatoms. The third-order valence-corrected chi connectivity index (χ3v) is 1.95. The number of nitrogens with two attached hydrogens (primary N) is 2. The molecule has 0 aliphatic carbocycles. The Balaban J connectivity index is 2.31. The Bertz CT molecular complexity index is 280. The van der Waals surface area contributed by atoms with Gasteiger partial charge in [-0.3, -0.25) is 0 Å². The number of hydrogen-bond donors (Lipinski definition) is 3. The highest BCUT2D eigenvalue weighted by atomic mass is 15.1. The van der Waals surface area contributed by atoms with E-state index in [0.29, 0.717) is 5.82 Å². The Kier molecular flexibility index (Phi) is 4.76. The number of nitrogen functional groups attached to an aromatic ring is 2. The molecule has 0 aliphatic heterocycles. The summed E-state index contributed by atoms with van der Waals surface area (Å²) in [6, 6.07) is 0. The lowest BCUT2D eigenvalue weighted by molar-refractivity contribution is 0.630. The van der Waals surface area contributed by atoms with Crippen LogP contribution in [0.4, 0.5) is 11.9 Å². The number of nitrogens with zero attached hydrogens (tertiary/aromatic N) is 3. The molecule has 0 amide bonds. The summed E-state index contributed by atoms with van der Waals surface area (Å²) in [6.07, 6.45) is 3.10.